The van der Waals surface area contributed by atoms with E-state index in [-0.39, 0.29) is 5.54 Å². The van der Waals surface area contributed by atoms with E-state index in [4.69, 9.17) is 0 Å². The van der Waals surface area contributed by atoms with Gasteiger partial charge in [-0.15, -0.1) is 0 Å². The molecule has 0 aliphatic carbocycles. The zero-order valence-electron chi connectivity index (χ0n) is 10.5. The molecule has 2 aromatic rings. The molecule has 0 fully saturated rings. The summed E-state index contributed by atoms with van der Waals surface area (Å²) in [7, 11) is 0. The largest absolute Gasteiger partial charge is 0.310 e. The van der Waals surface area contributed by atoms with Gasteiger partial charge in [0.15, 0.2) is 0 Å². The zero-order valence-corrected chi connectivity index (χ0v) is 10.5. The lowest BCUT2D eigenvalue weighted by Gasteiger charge is -2.32. The summed E-state index contributed by atoms with van der Waals surface area (Å²) in [4.78, 5) is 13.0. The fourth-order valence-electron chi connectivity index (χ4n) is 1.93. The Kier molecular flexibility index (Phi) is 2.88. The van der Waals surface area contributed by atoms with Crippen molar-refractivity contribution in [1.82, 2.24) is 0 Å². The molecular formula is C15H17NO. The van der Waals surface area contributed by atoms with Crippen LogP contribution in [0.3, 0.4) is 0 Å². The molecule has 0 unspecified atom stereocenters. The summed E-state index contributed by atoms with van der Waals surface area (Å²) in [5, 5.41) is 2.34. The maximum absolute atomic E-state index is 11.2. The monoisotopic (exact) mass is 227 g/mol. The first-order chi connectivity index (χ1) is 8.02. The van der Waals surface area contributed by atoms with Gasteiger partial charge in [0.05, 0.1) is 0 Å². The van der Waals surface area contributed by atoms with E-state index in [0.29, 0.717) is 0 Å². The minimum Gasteiger partial charge on any atom is -0.310 e. The normalized spacial score (nSPS) is 11.5. The second kappa shape index (κ2) is 4.21. The minimum absolute atomic E-state index is 0.204. The molecule has 1 amide bonds. The number of rotatable bonds is 2. The van der Waals surface area contributed by atoms with E-state index < -0.39 is 0 Å². The van der Waals surface area contributed by atoms with Crippen LogP contribution < -0.4 is 4.90 Å². The van der Waals surface area contributed by atoms with Crippen molar-refractivity contribution in [2.45, 2.75) is 26.3 Å². The highest BCUT2D eigenvalue weighted by molar-refractivity contribution is 5.89. The maximum Gasteiger partial charge on any atom is 0.214 e. The number of benzene rings is 2. The third kappa shape index (κ3) is 2.31. The van der Waals surface area contributed by atoms with E-state index in [1.54, 1.807) is 4.90 Å². The molecular weight excluding hydrogens is 210 g/mol. The van der Waals surface area contributed by atoms with Crippen LogP contribution in [0.4, 0.5) is 5.69 Å². The Balaban J connectivity index is 2.52. The summed E-state index contributed by atoms with van der Waals surface area (Å²) in [5.74, 6) is 0. The Hall–Kier alpha value is -1.83. The zero-order chi connectivity index (χ0) is 12.5. The molecule has 0 bridgehead atoms. The van der Waals surface area contributed by atoms with Crippen molar-refractivity contribution < 1.29 is 4.79 Å². The van der Waals surface area contributed by atoms with Gasteiger partial charge in [-0.3, -0.25) is 4.79 Å². The Morgan fingerprint density at radius 3 is 2.24 bits per heavy atom. The predicted octanol–water partition coefficient (Wildman–Crippen LogP) is 3.60. The van der Waals surface area contributed by atoms with Gasteiger partial charge in [-0.1, -0.05) is 30.3 Å². The molecule has 0 N–H and O–H groups in total. The van der Waals surface area contributed by atoms with Crippen LogP contribution in [0.5, 0.6) is 0 Å². The van der Waals surface area contributed by atoms with Crippen LogP contribution in [-0.2, 0) is 4.79 Å². The Morgan fingerprint density at radius 2 is 1.65 bits per heavy atom. The van der Waals surface area contributed by atoms with E-state index in [1.165, 1.54) is 5.39 Å². The molecule has 2 rings (SSSR count). The molecule has 0 saturated carbocycles. The second-order valence-corrected chi connectivity index (χ2v) is 5.18. The third-order valence-electron chi connectivity index (χ3n) is 2.84. The molecule has 2 nitrogen and oxygen atoms in total. The van der Waals surface area contributed by atoms with E-state index in [2.05, 4.69) is 18.2 Å². The van der Waals surface area contributed by atoms with E-state index in [0.717, 1.165) is 17.5 Å². The summed E-state index contributed by atoms with van der Waals surface area (Å²) >= 11 is 0. The molecule has 0 heterocycles. The molecule has 88 valence electrons. The van der Waals surface area contributed by atoms with Crippen LogP contribution in [-0.4, -0.2) is 11.9 Å². The quantitative estimate of drug-likeness (QED) is 0.718. The summed E-state index contributed by atoms with van der Waals surface area (Å²) in [6, 6.07) is 14.2. The van der Waals surface area contributed by atoms with Gasteiger partial charge in [0.1, 0.15) is 0 Å². The van der Waals surface area contributed by atoms with Gasteiger partial charge in [0, 0.05) is 11.2 Å². The highest BCUT2D eigenvalue weighted by Gasteiger charge is 2.21. The van der Waals surface area contributed by atoms with Crippen molar-refractivity contribution in [3.8, 4) is 0 Å². The minimum atomic E-state index is -0.204. The van der Waals surface area contributed by atoms with Gasteiger partial charge in [0.25, 0.3) is 0 Å². The fourth-order valence-corrected chi connectivity index (χ4v) is 1.93. The number of amides is 1. The Labute approximate surface area is 102 Å². The lowest BCUT2D eigenvalue weighted by Crippen LogP contribution is -2.40. The highest BCUT2D eigenvalue weighted by atomic mass is 16.1. The van der Waals surface area contributed by atoms with Crippen molar-refractivity contribution in [2.24, 2.45) is 0 Å². The predicted molar refractivity (Wildman–Crippen MR) is 72.2 cm³/mol. The second-order valence-electron chi connectivity index (χ2n) is 5.18. The van der Waals surface area contributed by atoms with Crippen LogP contribution in [0.25, 0.3) is 10.8 Å². The van der Waals surface area contributed by atoms with Crippen molar-refractivity contribution in [2.75, 3.05) is 4.90 Å². The lowest BCUT2D eigenvalue weighted by atomic mass is 10.0. The molecule has 0 spiro atoms. The average molecular weight is 227 g/mol. The Bertz CT molecular complexity index is 540. The van der Waals surface area contributed by atoms with Gasteiger partial charge < -0.3 is 4.90 Å². The van der Waals surface area contributed by atoms with Gasteiger partial charge in [-0.2, -0.15) is 0 Å². The first-order valence-corrected chi connectivity index (χ1v) is 5.76. The van der Waals surface area contributed by atoms with Crippen molar-refractivity contribution in [3.63, 3.8) is 0 Å². The number of fused-ring (bicyclic) bond motifs is 1. The summed E-state index contributed by atoms with van der Waals surface area (Å²) in [6.07, 6.45) is 0.893. The number of anilines is 1. The summed E-state index contributed by atoms with van der Waals surface area (Å²) < 4.78 is 0. The number of carbonyl (C=O) groups is 1. The van der Waals surface area contributed by atoms with Crippen LogP contribution in [0.15, 0.2) is 42.5 Å². The Morgan fingerprint density at radius 1 is 1.00 bits per heavy atom. The standard InChI is InChI=1S/C15H17NO/c1-15(2,3)16(11-17)14-9-8-12-6-4-5-7-13(12)10-14/h4-11H,1-3H3. The molecule has 0 saturated heterocycles. The number of nitrogens with zero attached hydrogens (tertiary/aromatic N) is 1. The molecule has 0 atom stereocenters. The van der Waals surface area contributed by atoms with E-state index in [9.17, 15) is 4.79 Å². The van der Waals surface area contributed by atoms with Crippen LogP contribution in [0, 0.1) is 0 Å². The highest BCUT2D eigenvalue weighted by Crippen LogP contribution is 2.26. The van der Waals surface area contributed by atoms with Gasteiger partial charge in [-0.05, 0) is 43.7 Å². The summed E-state index contributed by atoms with van der Waals surface area (Å²) in [6.45, 7) is 6.07. The van der Waals surface area contributed by atoms with E-state index in [1.807, 2.05) is 45.0 Å². The van der Waals surface area contributed by atoms with Crippen LogP contribution in [0.1, 0.15) is 20.8 Å². The maximum atomic E-state index is 11.2. The van der Waals surface area contributed by atoms with Crippen molar-refractivity contribution in [3.05, 3.63) is 42.5 Å². The van der Waals surface area contributed by atoms with Crippen molar-refractivity contribution >= 4 is 22.9 Å². The number of hydrogen-bond acceptors (Lipinski definition) is 1. The van der Waals surface area contributed by atoms with Crippen LogP contribution in [0.2, 0.25) is 0 Å². The molecule has 2 heteroatoms. The van der Waals surface area contributed by atoms with Crippen LogP contribution >= 0.6 is 0 Å². The fraction of sp³-hybridized carbons (Fsp3) is 0.267. The van der Waals surface area contributed by atoms with E-state index >= 15 is 0 Å². The molecule has 0 aliphatic heterocycles. The molecule has 0 radical (unpaired) electrons. The third-order valence-corrected chi connectivity index (χ3v) is 2.84. The van der Waals surface area contributed by atoms with Gasteiger partial charge >= 0.3 is 0 Å². The summed E-state index contributed by atoms with van der Waals surface area (Å²) in [5.41, 5.74) is 0.732. The number of hydrogen-bond donors (Lipinski definition) is 0. The molecule has 17 heavy (non-hydrogen) atoms. The SMILES string of the molecule is CC(C)(C)N(C=O)c1ccc2ccccc2c1. The smallest absolute Gasteiger partial charge is 0.214 e. The first kappa shape index (κ1) is 11.6. The molecule has 2 aromatic carbocycles. The van der Waals surface area contributed by atoms with Gasteiger partial charge in [-0.25, -0.2) is 0 Å². The average Bonchev–Trinajstić information content (AvgIpc) is 2.28. The topological polar surface area (TPSA) is 20.3 Å². The first-order valence-electron chi connectivity index (χ1n) is 5.76. The lowest BCUT2D eigenvalue weighted by molar-refractivity contribution is -0.108. The van der Waals surface area contributed by atoms with Crippen molar-refractivity contribution in [1.29, 1.82) is 0 Å². The van der Waals surface area contributed by atoms with Gasteiger partial charge in [0.2, 0.25) is 6.41 Å². The molecule has 0 aliphatic rings. The number of carbonyl (C=O) groups excluding carboxylic acids is 1. The molecule has 0 aromatic heterocycles.